The van der Waals surface area contributed by atoms with Crippen LogP contribution in [0, 0.1) is 3.57 Å². The van der Waals surface area contributed by atoms with Crippen LogP contribution in [0.15, 0.2) is 62.9 Å². The Morgan fingerprint density at radius 1 is 0.958 bits per heavy atom. The van der Waals surface area contributed by atoms with Crippen molar-refractivity contribution in [3.05, 3.63) is 72.2 Å². The van der Waals surface area contributed by atoms with Crippen molar-refractivity contribution in [3.8, 4) is 0 Å². The largest absolute Gasteiger partial charge is 0.310 e. The van der Waals surface area contributed by atoms with Gasteiger partial charge >= 0.3 is 0 Å². The molecule has 4 nitrogen and oxygen atoms in total. The molecule has 24 heavy (non-hydrogen) atoms. The molecule has 2 aromatic carbocycles. The lowest BCUT2D eigenvalue weighted by molar-refractivity contribution is 0.0968. The number of amides is 1. The Labute approximate surface area is 167 Å². The van der Waals surface area contributed by atoms with Crippen LogP contribution in [0.4, 0.5) is 0 Å². The number of rotatable bonds is 4. The highest BCUT2D eigenvalue weighted by molar-refractivity contribution is 14.1. The summed E-state index contributed by atoms with van der Waals surface area (Å²) in [5.41, 5.74) is 0.272. The maximum atomic E-state index is 12.6. The molecular formula is C15H9Cl3INO3S. The fourth-order valence-electron chi connectivity index (χ4n) is 1.72. The molecule has 0 saturated heterocycles. The summed E-state index contributed by atoms with van der Waals surface area (Å²) in [5.74, 6) is -0.641. The third kappa shape index (κ3) is 4.64. The van der Waals surface area contributed by atoms with E-state index in [0.29, 0.717) is 5.02 Å². The normalized spacial score (nSPS) is 11.0. The standard InChI is InChI=1S/C15H9Cl3INO3S/c16-10-3-7-12(8-4-10)24(22,23)15(13(17)18)20-14(21)9-1-5-11(19)6-2-9/h1-8H,(H,20,21). The summed E-state index contributed by atoms with van der Waals surface area (Å²) < 4.78 is 25.6. The molecule has 1 N–H and O–H groups in total. The summed E-state index contributed by atoms with van der Waals surface area (Å²) in [6, 6.07) is 12.0. The van der Waals surface area contributed by atoms with E-state index in [1.807, 2.05) is 0 Å². The number of halogens is 4. The second-order valence-electron chi connectivity index (χ2n) is 4.51. The summed E-state index contributed by atoms with van der Waals surface area (Å²) in [6.07, 6.45) is 0. The topological polar surface area (TPSA) is 63.2 Å². The molecule has 0 fully saturated rings. The predicted molar refractivity (Wildman–Crippen MR) is 104 cm³/mol. The lowest BCUT2D eigenvalue weighted by Crippen LogP contribution is -2.28. The molecule has 2 aromatic rings. The average Bonchev–Trinajstić information content (AvgIpc) is 2.53. The molecule has 0 aliphatic carbocycles. The van der Waals surface area contributed by atoms with Crippen LogP contribution in [-0.4, -0.2) is 14.3 Å². The minimum absolute atomic E-state index is 0.0939. The van der Waals surface area contributed by atoms with E-state index in [2.05, 4.69) is 27.9 Å². The van der Waals surface area contributed by atoms with Gasteiger partial charge in [-0.2, -0.15) is 0 Å². The predicted octanol–water partition coefficient (Wildman–Crippen LogP) is 4.75. The van der Waals surface area contributed by atoms with E-state index in [4.69, 9.17) is 34.8 Å². The molecule has 2 rings (SSSR count). The van der Waals surface area contributed by atoms with Crippen molar-refractivity contribution in [3.63, 3.8) is 0 Å². The van der Waals surface area contributed by atoms with Gasteiger partial charge in [0.2, 0.25) is 9.84 Å². The van der Waals surface area contributed by atoms with E-state index in [-0.39, 0.29) is 10.5 Å². The van der Waals surface area contributed by atoms with Crippen LogP contribution in [0.3, 0.4) is 0 Å². The third-order valence-corrected chi connectivity index (χ3v) is 6.21. The maximum Gasteiger partial charge on any atom is 0.256 e. The number of hydrogen-bond acceptors (Lipinski definition) is 3. The zero-order chi connectivity index (χ0) is 17.9. The van der Waals surface area contributed by atoms with Crippen LogP contribution >= 0.6 is 57.4 Å². The molecule has 0 aromatic heterocycles. The monoisotopic (exact) mass is 515 g/mol. The molecule has 0 radical (unpaired) electrons. The first-order valence-electron chi connectivity index (χ1n) is 6.34. The highest BCUT2D eigenvalue weighted by atomic mass is 127. The average molecular weight is 517 g/mol. The van der Waals surface area contributed by atoms with Gasteiger partial charge in [-0.05, 0) is 71.1 Å². The van der Waals surface area contributed by atoms with Gasteiger partial charge in [0.15, 0.2) is 5.03 Å². The summed E-state index contributed by atoms with van der Waals surface area (Å²) in [7, 11) is -4.10. The Bertz CT molecular complexity index is 891. The van der Waals surface area contributed by atoms with Crippen molar-refractivity contribution in [1.29, 1.82) is 0 Å². The first-order valence-corrected chi connectivity index (χ1v) is 10.0. The lowest BCUT2D eigenvalue weighted by Gasteiger charge is -2.11. The van der Waals surface area contributed by atoms with Gasteiger partial charge in [-0.3, -0.25) is 4.79 Å². The van der Waals surface area contributed by atoms with Crippen molar-refractivity contribution in [2.45, 2.75) is 4.90 Å². The second kappa shape index (κ2) is 8.05. The Balaban J connectivity index is 2.36. The van der Waals surface area contributed by atoms with Crippen LogP contribution < -0.4 is 5.32 Å². The van der Waals surface area contributed by atoms with Crippen molar-refractivity contribution in [2.24, 2.45) is 0 Å². The Morgan fingerprint density at radius 2 is 1.50 bits per heavy atom. The fraction of sp³-hybridized carbons (Fsp3) is 0. The second-order valence-corrected chi connectivity index (χ2v) is 9.03. The zero-order valence-corrected chi connectivity index (χ0v) is 17.0. The molecule has 0 saturated carbocycles. The summed E-state index contributed by atoms with van der Waals surface area (Å²) in [5, 5.41) is 2.05. The van der Waals surface area contributed by atoms with Gasteiger partial charge in [0, 0.05) is 14.2 Å². The van der Waals surface area contributed by atoms with E-state index in [1.165, 1.54) is 24.3 Å². The van der Waals surface area contributed by atoms with Crippen LogP contribution in [0.2, 0.25) is 5.02 Å². The van der Waals surface area contributed by atoms with E-state index < -0.39 is 25.3 Å². The van der Waals surface area contributed by atoms with Gasteiger partial charge in [0.05, 0.1) is 4.90 Å². The van der Waals surface area contributed by atoms with Gasteiger partial charge in [0.1, 0.15) is 4.49 Å². The highest BCUT2D eigenvalue weighted by Crippen LogP contribution is 2.25. The van der Waals surface area contributed by atoms with Crippen molar-refractivity contribution in [2.75, 3.05) is 0 Å². The lowest BCUT2D eigenvalue weighted by atomic mass is 10.2. The number of sulfone groups is 1. The molecule has 0 aliphatic heterocycles. The number of benzene rings is 2. The first-order chi connectivity index (χ1) is 11.2. The molecule has 1 amide bonds. The Hall–Kier alpha value is -0.800. The van der Waals surface area contributed by atoms with E-state index >= 15 is 0 Å². The van der Waals surface area contributed by atoms with Gasteiger partial charge < -0.3 is 5.32 Å². The van der Waals surface area contributed by atoms with E-state index in [0.717, 1.165) is 3.57 Å². The van der Waals surface area contributed by atoms with Gasteiger partial charge in [-0.25, -0.2) is 8.42 Å². The summed E-state index contributed by atoms with van der Waals surface area (Å²) in [6.45, 7) is 0. The number of carbonyl (C=O) groups excluding carboxylic acids is 1. The van der Waals surface area contributed by atoms with Crippen molar-refractivity contribution >= 4 is 73.1 Å². The molecule has 0 spiro atoms. The number of nitrogens with one attached hydrogen (secondary N) is 1. The molecular weight excluding hydrogens is 507 g/mol. The van der Waals surface area contributed by atoms with Crippen LogP contribution in [0.5, 0.6) is 0 Å². The minimum atomic E-state index is -4.10. The molecule has 0 bridgehead atoms. The Kier molecular flexibility index (Phi) is 6.55. The summed E-state index contributed by atoms with van der Waals surface area (Å²) >= 11 is 19.2. The molecule has 0 atom stereocenters. The molecule has 0 unspecified atom stereocenters. The smallest absolute Gasteiger partial charge is 0.256 e. The zero-order valence-electron chi connectivity index (χ0n) is 11.8. The van der Waals surface area contributed by atoms with E-state index in [9.17, 15) is 13.2 Å². The Morgan fingerprint density at radius 3 is 2.00 bits per heavy atom. The quantitative estimate of drug-likeness (QED) is 0.597. The molecule has 0 heterocycles. The van der Waals surface area contributed by atoms with Crippen LogP contribution in [-0.2, 0) is 9.84 Å². The van der Waals surface area contributed by atoms with Gasteiger partial charge in [0.25, 0.3) is 5.91 Å². The molecule has 0 aliphatic rings. The van der Waals surface area contributed by atoms with Gasteiger partial charge in [-0.1, -0.05) is 34.8 Å². The highest BCUT2D eigenvalue weighted by Gasteiger charge is 2.26. The third-order valence-electron chi connectivity index (χ3n) is 2.90. The van der Waals surface area contributed by atoms with Crippen molar-refractivity contribution in [1.82, 2.24) is 5.32 Å². The minimum Gasteiger partial charge on any atom is -0.310 e. The fourth-order valence-corrected chi connectivity index (χ4v) is 4.07. The first kappa shape index (κ1) is 19.5. The van der Waals surface area contributed by atoms with Crippen LogP contribution in [0.25, 0.3) is 0 Å². The number of carbonyl (C=O) groups is 1. The molecule has 9 heteroatoms. The van der Waals surface area contributed by atoms with Crippen LogP contribution in [0.1, 0.15) is 10.4 Å². The SMILES string of the molecule is O=C(NC(=C(Cl)Cl)S(=O)(=O)c1ccc(Cl)cc1)c1ccc(I)cc1. The van der Waals surface area contributed by atoms with E-state index in [1.54, 1.807) is 24.3 Å². The maximum absolute atomic E-state index is 12.6. The van der Waals surface area contributed by atoms with Gasteiger partial charge in [-0.15, -0.1) is 0 Å². The number of hydrogen-bond donors (Lipinski definition) is 1. The van der Waals surface area contributed by atoms with Crippen molar-refractivity contribution < 1.29 is 13.2 Å². The summed E-state index contributed by atoms with van der Waals surface area (Å²) in [4.78, 5) is 12.2. The molecule has 126 valence electrons.